The van der Waals surface area contributed by atoms with E-state index in [1.54, 1.807) is 0 Å². The van der Waals surface area contributed by atoms with Crippen molar-refractivity contribution in [1.29, 1.82) is 0 Å². The first-order chi connectivity index (χ1) is 9.20. The largest absolute Gasteiger partial charge is 0.481 e. The van der Waals surface area contributed by atoms with E-state index in [-0.39, 0.29) is 0 Å². The monoisotopic (exact) mass is 288 g/mol. The van der Waals surface area contributed by atoms with Crippen LogP contribution in [-0.2, 0) is 38.2 Å². The summed E-state index contributed by atoms with van der Waals surface area (Å²) in [5.41, 5.74) is 0. The second-order valence-electron chi connectivity index (χ2n) is 3.06. The molecular weight excluding hydrogens is 280 g/mol. The van der Waals surface area contributed by atoms with Crippen molar-refractivity contribution in [3.8, 4) is 0 Å². The number of rotatable bonds is 6. The van der Waals surface area contributed by atoms with Crippen LogP contribution in [0.3, 0.4) is 0 Å². The first-order valence-corrected chi connectivity index (χ1v) is 4.81. The van der Waals surface area contributed by atoms with Crippen molar-refractivity contribution in [2.75, 3.05) is 0 Å². The smallest absolute Gasteiger partial charge is 0.338 e. The summed E-state index contributed by atoms with van der Waals surface area (Å²) in [5.74, 6) is -8.40. The zero-order valence-corrected chi connectivity index (χ0v) is 9.73. The SMILES string of the molecule is O=C(O)CC(=O)OC(=O)/C=C\C(=O)OC(=O)CC(=O)O. The Balaban J connectivity index is 4.21. The highest BCUT2D eigenvalue weighted by Crippen LogP contribution is 1.92. The summed E-state index contributed by atoms with van der Waals surface area (Å²) >= 11 is 0. The van der Waals surface area contributed by atoms with Gasteiger partial charge in [-0.25, -0.2) is 9.59 Å². The van der Waals surface area contributed by atoms with Gasteiger partial charge in [-0.05, 0) is 0 Å². The fourth-order valence-electron chi connectivity index (χ4n) is 0.748. The number of carboxylic acids is 2. The van der Waals surface area contributed by atoms with Gasteiger partial charge in [0, 0.05) is 12.2 Å². The lowest BCUT2D eigenvalue weighted by atomic mass is 10.4. The van der Waals surface area contributed by atoms with Gasteiger partial charge in [0.2, 0.25) is 0 Å². The Morgan fingerprint density at radius 2 is 1.00 bits per heavy atom. The first-order valence-electron chi connectivity index (χ1n) is 4.81. The Labute approximate surface area is 110 Å². The molecule has 0 aromatic carbocycles. The molecule has 2 N–H and O–H groups in total. The fraction of sp³-hybridized carbons (Fsp3) is 0.200. The van der Waals surface area contributed by atoms with Gasteiger partial charge in [0.25, 0.3) is 0 Å². The summed E-state index contributed by atoms with van der Waals surface area (Å²) in [6.07, 6.45) is -1.26. The Hall–Kier alpha value is -3.04. The summed E-state index contributed by atoms with van der Waals surface area (Å²) in [7, 11) is 0. The zero-order valence-electron chi connectivity index (χ0n) is 9.73. The van der Waals surface area contributed by atoms with Gasteiger partial charge in [-0.15, -0.1) is 0 Å². The van der Waals surface area contributed by atoms with Crippen LogP contribution in [-0.4, -0.2) is 46.0 Å². The van der Waals surface area contributed by atoms with Crippen LogP contribution in [0.1, 0.15) is 12.8 Å². The molecule has 0 amide bonds. The molecule has 0 rings (SSSR count). The summed E-state index contributed by atoms with van der Waals surface area (Å²) in [4.78, 5) is 63.4. The maximum atomic E-state index is 10.9. The molecule has 0 aliphatic heterocycles. The van der Waals surface area contributed by atoms with Crippen molar-refractivity contribution in [1.82, 2.24) is 0 Å². The van der Waals surface area contributed by atoms with E-state index in [0.717, 1.165) is 0 Å². The average Bonchev–Trinajstić information content (AvgIpc) is 2.23. The number of esters is 4. The lowest BCUT2D eigenvalue weighted by Crippen LogP contribution is -2.16. The topological polar surface area (TPSA) is 161 Å². The van der Waals surface area contributed by atoms with Crippen LogP contribution in [0.5, 0.6) is 0 Å². The lowest BCUT2D eigenvalue weighted by Gasteiger charge is -1.97. The number of carbonyl (C=O) groups excluding carboxylic acids is 4. The molecule has 0 aliphatic rings. The summed E-state index contributed by atoms with van der Waals surface area (Å²) < 4.78 is 7.90. The molecule has 0 aromatic heterocycles. The molecule has 0 saturated heterocycles. The van der Waals surface area contributed by atoms with E-state index in [1.807, 2.05) is 0 Å². The molecule has 0 radical (unpaired) electrons. The van der Waals surface area contributed by atoms with Gasteiger partial charge < -0.3 is 19.7 Å². The van der Waals surface area contributed by atoms with Crippen molar-refractivity contribution in [3.63, 3.8) is 0 Å². The molecule has 0 atom stereocenters. The first kappa shape index (κ1) is 17.0. The zero-order chi connectivity index (χ0) is 15.7. The molecule has 0 fully saturated rings. The van der Waals surface area contributed by atoms with Crippen LogP contribution in [0.25, 0.3) is 0 Å². The molecule has 0 aromatic rings. The fourth-order valence-corrected chi connectivity index (χ4v) is 0.748. The highest BCUT2D eigenvalue weighted by atomic mass is 16.6. The van der Waals surface area contributed by atoms with Crippen LogP contribution in [0, 0.1) is 0 Å². The van der Waals surface area contributed by atoms with Gasteiger partial charge in [0.05, 0.1) is 0 Å². The van der Waals surface area contributed by atoms with Gasteiger partial charge in [-0.1, -0.05) is 0 Å². The maximum absolute atomic E-state index is 10.9. The minimum absolute atomic E-state index is 0.413. The number of hydrogen-bond acceptors (Lipinski definition) is 8. The van der Waals surface area contributed by atoms with Gasteiger partial charge in [0.15, 0.2) is 0 Å². The minimum atomic E-state index is -1.51. The molecule has 0 saturated carbocycles. The minimum Gasteiger partial charge on any atom is -0.481 e. The van der Waals surface area contributed by atoms with Crippen LogP contribution in [0.2, 0.25) is 0 Å². The normalized spacial score (nSPS) is 9.80. The van der Waals surface area contributed by atoms with Crippen LogP contribution >= 0.6 is 0 Å². The Morgan fingerprint density at radius 1 is 0.700 bits per heavy atom. The van der Waals surface area contributed by atoms with Gasteiger partial charge in [-0.2, -0.15) is 0 Å². The van der Waals surface area contributed by atoms with Crippen molar-refractivity contribution in [2.24, 2.45) is 0 Å². The van der Waals surface area contributed by atoms with E-state index in [1.165, 1.54) is 0 Å². The van der Waals surface area contributed by atoms with Crippen LogP contribution in [0.4, 0.5) is 0 Å². The third-order valence-electron chi connectivity index (χ3n) is 1.38. The quantitative estimate of drug-likeness (QED) is 0.338. The standard InChI is InChI=1S/C10H8O10/c11-5(12)3-9(17)19-7(15)1-2-8(16)20-10(18)4-6(13)14/h1-2H,3-4H2,(H,11,12)(H,13,14)/b2-1-. The van der Waals surface area contributed by atoms with Gasteiger partial charge in [0.1, 0.15) is 12.8 Å². The summed E-state index contributed by atoms with van der Waals surface area (Å²) in [6.45, 7) is 0. The van der Waals surface area contributed by atoms with Crippen LogP contribution < -0.4 is 0 Å². The maximum Gasteiger partial charge on any atom is 0.338 e. The van der Waals surface area contributed by atoms with Gasteiger partial charge in [-0.3, -0.25) is 19.2 Å². The van der Waals surface area contributed by atoms with E-state index in [4.69, 9.17) is 10.2 Å². The van der Waals surface area contributed by atoms with E-state index < -0.39 is 48.7 Å². The van der Waals surface area contributed by atoms with Crippen molar-refractivity contribution in [3.05, 3.63) is 12.2 Å². The van der Waals surface area contributed by atoms with Crippen molar-refractivity contribution in [2.45, 2.75) is 12.8 Å². The summed E-state index contributed by atoms with van der Waals surface area (Å²) in [6, 6.07) is 0. The van der Waals surface area contributed by atoms with E-state index in [2.05, 4.69) is 9.47 Å². The molecule has 0 aliphatic carbocycles. The number of hydrogen-bond donors (Lipinski definition) is 2. The lowest BCUT2D eigenvalue weighted by molar-refractivity contribution is -0.162. The molecule has 0 heterocycles. The molecule has 0 unspecified atom stereocenters. The van der Waals surface area contributed by atoms with Gasteiger partial charge >= 0.3 is 35.8 Å². The second kappa shape index (κ2) is 8.13. The number of aliphatic carboxylic acids is 2. The van der Waals surface area contributed by atoms with Crippen LogP contribution in [0.15, 0.2) is 12.2 Å². The highest BCUT2D eigenvalue weighted by Gasteiger charge is 2.14. The third kappa shape index (κ3) is 9.04. The molecule has 10 heteroatoms. The summed E-state index contributed by atoms with van der Waals surface area (Å²) in [5, 5.41) is 16.4. The number of ether oxygens (including phenoxy) is 2. The predicted octanol–water partition coefficient (Wildman–Crippen LogP) is -1.37. The molecule has 10 nitrogen and oxygen atoms in total. The third-order valence-corrected chi connectivity index (χ3v) is 1.38. The molecule has 20 heavy (non-hydrogen) atoms. The van der Waals surface area contributed by atoms with E-state index in [9.17, 15) is 28.8 Å². The number of carbonyl (C=O) groups is 6. The van der Waals surface area contributed by atoms with E-state index in [0.29, 0.717) is 12.2 Å². The number of carboxylic acid groups (broad SMARTS) is 2. The second-order valence-corrected chi connectivity index (χ2v) is 3.06. The highest BCUT2D eigenvalue weighted by molar-refractivity contribution is 6.02. The molecule has 108 valence electrons. The van der Waals surface area contributed by atoms with E-state index >= 15 is 0 Å². The molecule has 0 spiro atoms. The van der Waals surface area contributed by atoms with Crippen molar-refractivity contribution < 1.29 is 48.5 Å². The molecular formula is C10H8O10. The molecule has 0 bridgehead atoms. The average molecular weight is 288 g/mol. The Morgan fingerprint density at radius 3 is 1.25 bits per heavy atom. The Bertz CT molecular complexity index is 442. The predicted molar refractivity (Wildman–Crippen MR) is 55.8 cm³/mol. The Kier molecular flexibility index (Phi) is 6.89. The van der Waals surface area contributed by atoms with Crippen molar-refractivity contribution >= 4 is 35.8 Å².